The maximum atomic E-state index is 13.6. The Balaban J connectivity index is 3.37. The first-order valence-corrected chi connectivity index (χ1v) is 6.76. The number of amides is 1. The van der Waals surface area contributed by atoms with Crippen LogP contribution in [0.3, 0.4) is 0 Å². The van der Waals surface area contributed by atoms with E-state index in [9.17, 15) is 57.5 Å². The second kappa shape index (κ2) is 6.99. The van der Waals surface area contributed by atoms with Crippen molar-refractivity contribution in [2.24, 2.45) is 0 Å². The largest absolute Gasteiger partial charge is 0.393 e. The molecule has 1 aromatic heterocycles. The van der Waals surface area contributed by atoms with E-state index >= 15 is 0 Å². The normalized spacial score (nSPS) is 14.4. The third-order valence-corrected chi connectivity index (χ3v) is 3.40. The summed E-state index contributed by atoms with van der Waals surface area (Å²) in [6.07, 6.45) is -4.77. The van der Waals surface area contributed by atoms with Gasteiger partial charge in [-0.2, -0.15) is 43.9 Å². The van der Waals surface area contributed by atoms with E-state index in [2.05, 4.69) is 4.98 Å². The Morgan fingerprint density at radius 2 is 1.43 bits per heavy atom. The zero-order valence-corrected chi connectivity index (χ0v) is 13.2. The minimum absolute atomic E-state index is 0.156. The highest BCUT2D eigenvalue weighted by atomic mass is 19.4. The second-order valence-corrected chi connectivity index (χ2v) is 5.34. The molecule has 0 atom stereocenters. The van der Waals surface area contributed by atoms with Crippen LogP contribution in [0.5, 0.6) is 0 Å². The number of alkyl halides is 12. The first-order chi connectivity index (χ1) is 12.4. The summed E-state index contributed by atoms with van der Waals surface area (Å²) in [4.78, 5) is 14.5. The van der Waals surface area contributed by atoms with E-state index in [0.717, 1.165) is 24.5 Å². The highest BCUT2D eigenvalue weighted by Gasteiger charge is 2.89. The number of carbonyl (C=O) groups excluding carboxylic acids is 1. The maximum Gasteiger partial charge on any atom is 0.393 e. The number of carbonyl (C=O) groups is 1. The number of anilines is 1. The van der Waals surface area contributed by atoms with Crippen molar-refractivity contribution in [1.29, 1.82) is 0 Å². The van der Waals surface area contributed by atoms with E-state index in [1.807, 2.05) is 0 Å². The van der Waals surface area contributed by atoms with Crippen molar-refractivity contribution in [3.63, 3.8) is 0 Å². The molecule has 160 valence electrons. The third kappa shape index (κ3) is 3.34. The molecule has 0 spiro atoms. The van der Waals surface area contributed by atoms with E-state index in [1.165, 1.54) is 6.07 Å². The third-order valence-electron chi connectivity index (χ3n) is 3.40. The number of pyridine rings is 1. The lowest BCUT2D eigenvalue weighted by molar-refractivity contribution is -0.406. The van der Waals surface area contributed by atoms with Crippen molar-refractivity contribution in [3.05, 3.63) is 23.9 Å². The summed E-state index contributed by atoms with van der Waals surface area (Å²) in [5, 5.41) is 0.948. The molecule has 0 bridgehead atoms. The lowest BCUT2D eigenvalue weighted by atomic mass is 9.94. The predicted octanol–water partition coefficient (Wildman–Crippen LogP) is 4.77. The molecule has 0 saturated heterocycles. The molecule has 0 radical (unpaired) electrons. The lowest BCUT2D eigenvalue weighted by Gasteiger charge is -2.38. The fourth-order valence-corrected chi connectivity index (χ4v) is 1.69. The Hall–Kier alpha value is -2.22. The molecule has 28 heavy (non-hydrogen) atoms. The van der Waals surface area contributed by atoms with E-state index < -0.39 is 47.8 Å². The van der Waals surface area contributed by atoms with Crippen LogP contribution in [0.25, 0.3) is 0 Å². The summed E-state index contributed by atoms with van der Waals surface area (Å²) in [7, 11) is 0. The van der Waals surface area contributed by atoms with Gasteiger partial charge in [-0.3, -0.25) is 4.79 Å². The number of halogens is 12. The molecule has 3 nitrogen and oxygen atoms in total. The standard InChI is InChI=1S/C13H8F12N2O/c1-5-3-2-4-26-6(5)27-8(28)10(18,19)12(22,23)13(24,25)11(20,21)9(16,17)7(14)15/h2-4,7H,1H3,(H,26,27,28). The zero-order chi connectivity index (χ0) is 22.3. The first kappa shape index (κ1) is 23.8. The van der Waals surface area contributed by atoms with Gasteiger partial charge in [0.2, 0.25) is 0 Å². The van der Waals surface area contributed by atoms with E-state index in [4.69, 9.17) is 0 Å². The average Bonchev–Trinajstić information content (AvgIpc) is 2.55. The van der Waals surface area contributed by atoms with E-state index in [1.54, 1.807) is 0 Å². The van der Waals surface area contributed by atoms with Gasteiger partial charge in [-0.05, 0) is 18.6 Å². The average molecular weight is 436 g/mol. The number of nitrogens with one attached hydrogen (secondary N) is 1. The molecular formula is C13H8F12N2O. The van der Waals surface area contributed by atoms with E-state index in [-0.39, 0.29) is 5.56 Å². The molecule has 1 N–H and O–H groups in total. The smallest absolute Gasteiger partial charge is 0.305 e. The molecule has 0 aliphatic carbocycles. The molecule has 0 unspecified atom stereocenters. The summed E-state index contributed by atoms with van der Waals surface area (Å²) >= 11 is 0. The highest BCUT2D eigenvalue weighted by Crippen LogP contribution is 2.58. The quantitative estimate of drug-likeness (QED) is 0.626. The fourth-order valence-electron chi connectivity index (χ4n) is 1.69. The molecule has 0 aromatic carbocycles. The summed E-state index contributed by atoms with van der Waals surface area (Å²) < 4.78 is 156. The topological polar surface area (TPSA) is 42.0 Å². The van der Waals surface area contributed by atoms with Crippen LogP contribution < -0.4 is 5.32 Å². The Morgan fingerprint density at radius 3 is 1.86 bits per heavy atom. The van der Waals surface area contributed by atoms with Gasteiger partial charge in [-0.25, -0.2) is 13.8 Å². The van der Waals surface area contributed by atoms with Gasteiger partial charge < -0.3 is 5.32 Å². The van der Waals surface area contributed by atoms with Gasteiger partial charge in [0.05, 0.1) is 0 Å². The van der Waals surface area contributed by atoms with Crippen LogP contribution in [0, 0.1) is 6.92 Å². The SMILES string of the molecule is Cc1cccnc1NC(=O)C(F)(F)C(F)(F)C(F)(F)C(F)(F)C(F)(F)C(F)F. The molecule has 0 aliphatic heterocycles. The van der Waals surface area contributed by atoms with Crippen LogP contribution in [-0.4, -0.2) is 46.9 Å². The number of aromatic nitrogens is 1. The van der Waals surface area contributed by atoms with Gasteiger partial charge in [0.25, 0.3) is 0 Å². The monoisotopic (exact) mass is 436 g/mol. The van der Waals surface area contributed by atoms with Crippen molar-refractivity contribution in [2.45, 2.75) is 43.0 Å². The highest BCUT2D eigenvalue weighted by molar-refractivity contribution is 5.96. The molecule has 0 aliphatic rings. The summed E-state index contributed by atoms with van der Waals surface area (Å²) in [5.41, 5.74) is -0.156. The van der Waals surface area contributed by atoms with Crippen molar-refractivity contribution < 1.29 is 57.5 Å². The van der Waals surface area contributed by atoms with Crippen molar-refractivity contribution in [1.82, 2.24) is 4.98 Å². The fraction of sp³-hybridized carbons (Fsp3) is 0.538. The Morgan fingerprint density at radius 1 is 0.929 bits per heavy atom. The van der Waals surface area contributed by atoms with E-state index in [0.29, 0.717) is 0 Å². The van der Waals surface area contributed by atoms with Gasteiger partial charge in [0.15, 0.2) is 0 Å². The van der Waals surface area contributed by atoms with Crippen LogP contribution in [0.4, 0.5) is 58.5 Å². The maximum absolute atomic E-state index is 13.6. The van der Waals surface area contributed by atoms with Crippen molar-refractivity contribution >= 4 is 11.7 Å². The molecular weight excluding hydrogens is 428 g/mol. The first-order valence-electron chi connectivity index (χ1n) is 6.76. The lowest BCUT2D eigenvalue weighted by Crippen LogP contribution is -2.70. The minimum Gasteiger partial charge on any atom is -0.305 e. The number of rotatable bonds is 7. The molecule has 1 amide bonds. The summed E-state index contributed by atoms with van der Waals surface area (Å²) in [6, 6.07) is 2.27. The zero-order valence-electron chi connectivity index (χ0n) is 13.2. The molecule has 15 heteroatoms. The number of aryl methyl sites for hydroxylation is 1. The molecule has 0 fully saturated rings. The van der Waals surface area contributed by atoms with Gasteiger partial charge in [0, 0.05) is 6.20 Å². The minimum atomic E-state index is -7.76. The Labute approximate surface area is 147 Å². The number of nitrogens with zero attached hydrogens (tertiary/aromatic N) is 1. The van der Waals surface area contributed by atoms with Crippen LogP contribution >= 0.6 is 0 Å². The molecule has 1 rings (SSSR count). The van der Waals surface area contributed by atoms with Gasteiger partial charge in [-0.15, -0.1) is 0 Å². The molecule has 0 saturated carbocycles. The van der Waals surface area contributed by atoms with Crippen LogP contribution in [0.15, 0.2) is 18.3 Å². The van der Waals surface area contributed by atoms with Gasteiger partial charge >= 0.3 is 41.9 Å². The van der Waals surface area contributed by atoms with Crippen molar-refractivity contribution in [2.75, 3.05) is 5.32 Å². The van der Waals surface area contributed by atoms with Crippen LogP contribution in [-0.2, 0) is 4.79 Å². The van der Waals surface area contributed by atoms with Gasteiger partial charge in [0.1, 0.15) is 5.82 Å². The number of hydrogen-bond acceptors (Lipinski definition) is 2. The summed E-state index contributed by atoms with van der Waals surface area (Å²) in [5.74, 6) is -40.9. The molecule has 1 aromatic rings. The van der Waals surface area contributed by atoms with Crippen LogP contribution in [0.1, 0.15) is 5.56 Å². The Bertz CT molecular complexity index is 734. The number of hydrogen-bond donors (Lipinski definition) is 1. The predicted molar refractivity (Wildman–Crippen MR) is 68.3 cm³/mol. The Kier molecular flexibility index (Phi) is 5.94. The van der Waals surface area contributed by atoms with Crippen molar-refractivity contribution in [3.8, 4) is 0 Å². The van der Waals surface area contributed by atoms with Crippen LogP contribution in [0.2, 0.25) is 0 Å². The summed E-state index contributed by atoms with van der Waals surface area (Å²) in [6.45, 7) is 1.09. The van der Waals surface area contributed by atoms with Gasteiger partial charge in [-0.1, -0.05) is 6.07 Å². The molecule has 1 heterocycles. The second-order valence-electron chi connectivity index (χ2n) is 5.34.